The summed E-state index contributed by atoms with van der Waals surface area (Å²) in [5, 5.41) is 3.56. The fourth-order valence-corrected chi connectivity index (χ4v) is 3.08. The standard InChI is InChI=1S/C18H24FN/c1-4-16(19)14(3)18(15-10-6-7-11-15)20-17-12-8-5-9-13(17)2/h4-5,8-9,12,15,18,20H,1,6-7,10-11H2,2-3H3/b16-14-/t18-/m1/s1. The van der Waals surface area contributed by atoms with Crippen LogP contribution in [0.25, 0.3) is 0 Å². The van der Waals surface area contributed by atoms with Gasteiger partial charge < -0.3 is 5.32 Å². The molecule has 2 heteroatoms. The highest BCUT2D eigenvalue weighted by Crippen LogP contribution is 2.34. The van der Waals surface area contributed by atoms with Crippen molar-refractivity contribution in [1.82, 2.24) is 0 Å². The van der Waals surface area contributed by atoms with Crippen molar-refractivity contribution in [3.63, 3.8) is 0 Å². The summed E-state index contributed by atoms with van der Waals surface area (Å²) in [6, 6.07) is 8.26. The van der Waals surface area contributed by atoms with E-state index in [2.05, 4.69) is 31.0 Å². The molecule has 0 heterocycles. The van der Waals surface area contributed by atoms with Gasteiger partial charge in [0, 0.05) is 5.69 Å². The molecule has 0 unspecified atom stereocenters. The van der Waals surface area contributed by atoms with Crippen molar-refractivity contribution >= 4 is 5.69 Å². The van der Waals surface area contributed by atoms with Crippen molar-refractivity contribution in [1.29, 1.82) is 0 Å². The third kappa shape index (κ3) is 3.30. The average molecular weight is 273 g/mol. The molecule has 0 radical (unpaired) electrons. The van der Waals surface area contributed by atoms with Crippen molar-refractivity contribution in [2.45, 2.75) is 45.6 Å². The van der Waals surface area contributed by atoms with Crippen LogP contribution in [0.2, 0.25) is 0 Å². The van der Waals surface area contributed by atoms with Gasteiger partial charge in [0.2, 0.25) is 0 Å². The summed E-state index contributed by atoms with van der Waals surface area (Å²) in [6.07, 6.45) is 6.16. The van der Waals surface area contributed by atoms with Gasteiger partial charge in [-0.05, 0) is 55.9 Å². The second kappa shape index (κ2) is 6.74. The lowest BCUT2D eigenvalue weighted by Crippen LogP contribution is -2.29. The Labute approximate surface area is 121 Å². The van der Waals surface area contributed by atoms with Crippen molar-refractivity contribution in [2.75, 3.05) is 5.32 Å². The Bertz CT molecular complexity index is 498. The molecule has 2 rings (SSSR count). The van der Waals surface area contributed by atoms with Gasteiger partial charge in [-0.15, -0.1) is 0 Å². The van der Waals surface area contributed by atoms with Gasteiger partial charge in [-0.1, -0.05) is 37.6 Å². The van der Waals surface area contributed by atoms with Crippen LogP contribution >= 0.6 is 0 Å². The quantitative estimate of drug-likeness (QED) is 0.709. The highest BCUT2D eigenvalue weighted by atomic mass is 19.1. The van der Waals surface area contributed by atoms with E-state index in [1.165, 1.54) is 37.3 Å². The van der Waals surface area contributed by atoms with E-state index >= 15 is 0 Å². The fourth-order valence-electron chi connectivity index (χ4n) is 3.08. The first-order valence-electron chi connectivity index (χ1n) is 7.44. The number of hydrogen-bond donors (Lipinski definition) is 1. The number of allylic oxidation sites excluding steroid dienone is 2. The van der Waals surface area contributed by atoms with E-state index in [1.54, 1.807) is 0 Å². The summed E-state index contributed by atoms with van der Waals surface area (Å²) in [5.41, 5.74) is 3.07. The molecule has 0 aliphatic heterocycles. The molecular weight excluding hydrogens is 249 g/mol. The molecule has 1 nitrogen and oxygen atoms in total. The molecule has 1 atom stereocenters. The smallest absolute Gasteiger partial charge is 0.123 e. The van der Waals surface area contributed by atoms with Crippen LogP contribution in [0, 0.1) is 12.8 Å². The van der Waals surface area contributed by atoms with Gasteiger partial charge in [0.15, 0.2) is 0 Å². The van der Waals surface area contributed by atoms with Crippen LogP contribution in [0.3, 0.4) is 0 Å². The first-order valence-corrected chi connectivity index (χ1v) is 7.44. The molecule has 0 saturated heterocycles. The number of aryl methyl sites for hydroxylation is 1. The zero-order chi connectivity index (χ0) is 14.5. The largest absolute Gasteiger partial charge is 0.378 e. The van der Waals surface area contributed by atoms with Gasteiger partial charge in [-0.2, -0.15) is 0 Å². The second-order valence-electron chi connectivity index (χ2n) is 5.72. The molecule has 1 aliphatic carbocycles. The fraction of sp³-hybridized carbons (Fsp3) is 0.444. The summed E-state index contributed by atoms with van der Waals surface area (Å²) in [6.45, 7) is 7.52. The predicted octanol–water partition coefficient (Wildman–Crippen LogP) is 5.40. The number of para-hydroxylation sites is 1. The van der Waals surface area contributed by atoms with E-state index in [4.69, 9.17) is 0 Å². The highest BCUT2D eigenvalue weighted by molar-refractivity contribution is 5.52. The topological polar surface area (TPSA) is 12.0 Å². The van der Waals surface area contributed by atoms with Crippen LogP contribution < -0.4 is 5.32 Å². The Morgan fingerprint density at radius 3 is 2.60 bits per heavy atom. The van der Waals surface area contributed by atoms with Crippen LogP contribution in [0.5, 0.6) is 0 Å². The molecule has 1 fully saturated rings. The normalized spacial score (nSPS) is 18.6. The number of anilines is 1. The van der Waals surface area contributed by atoms with Gasteiger partial charge in [0.25, 0.3) is 0 Å². The lowest BCUT2D eigenvalue weighted by Gasteiger charge is -2.27. The number of halogens is 1. The van der Waals surface area contributed by atoms with Crippen molar-refractivity contribution in [3.8, 4) is 0 Å². The van der Waals surface area contributed by atoms with Crippen molar-refractivity contribution in [2.24, 2.45) is 5.92 Å². The third-order valence-electron chi connectivity index (χ3n) is 4.35. The maximum atomic E-state index is 14.0. The highest BCUT2D eigenvalue weighted by Gasteiger charge is 2.27. The number of benzene rings is 1. The lowest BCUT2D eigenvalue weighted by atomic mass is 9.91. The van der Waals surface area contributed by atoms with E-state index in [9.17, 15) is 4.39 Å². The maximum Gasteiger partial charge on any atom is 0.123 e. The van der Waals surface area contributed by atoms with Gasteiger partial charge in [-0.3, -0.25) is 0 Å². The summed E-state index contributed by atoms with van der Waals surface area (Å²) in [7, 11) is 0. The molecule has 1 aromatic rings. The van der Waals surface area contributed by atoms with Crippen LogP contribution in [-0.4, -0.2) is 6.04 Å². The predicted molar refractivity (Wildman–Crippen MR) is 84.6 cm³/mol. The van der Waals surface area contributed by atoms with E-state index in [1.807, 2.05) is 19.1 Å². The van der Waals surface area contributed by atoms with Gasteiger partial charge in [0.05, 0.1) is 6.04 Å². The van der Waals surface area contributed by atoms with E-state index in [0.717, 1.165) is 11.3 Å². The van der Waals surface area contributed by atoms with E-state index in [0.29, 0.717) is 5.92 Å². The Hall–Kier alpha value is -1.57. The summed E-state index contributed by atoms with van der Waals surface area (Å²) in [4.78, 5) is 0. The van der Waals surface area contributed by atoms with E-state index < -0.39 is 0 Å². The molecule has 20 heavy (non-hydrogen) atoms. The van der Waals surface area contributed by atoms with Gasteiger partial charge in [0.1, 0.15) is 5.83 Å². The SMILES string of the molecule is C=C/C(F)=C(\C)[C@@H](Nc1ccccc1C)C1CCCC1. The van der Waals surface area contributed by atoms with Crippen molar-refractivity contribution in [3.05, 3.63) is 53.9 Å². The average Bonchev–Trinajstić information content (AvgIpc) is 2.99. The molecule has 0 bridgehead atoms. The Balaban J connectivity index is 2.27. The van der Waals surface area contributed by atoms with Gasteiger partial charge in [-0.25, -0.2) is 4.39 Å². The second-order valence-corrected chi connectivity index (χ2v) is 5.72. The molecule has 1 saturated carbocycles. The molecular formula is C18H24FN. The molecule has 1 N–H and O–H groups in total. The molecule has 0 spiro atoms. The molecule has 108 valence electrons. The Kier molecular flexibility index (Phi) is 4.99. The molecule has 1 aliphatic rings. The van der Waals surface area contributed by atoms with Crippen LogP contribution in [-0.2, 0) is 0 Å². The molecule has 0 amide bonds. The summed E-state index contributed by atoms with van der Waals surface area (Å²) < 4.78 is 14.0. The maximum absolute atomic E-state index is 14.0. The number of rotatable bonds is 5. The van der Waals surface area contributed by atoms with Gasteiger partial charge >= 0.3 is 0 Å². The first-order chi connectivity index (χ1) is 9.63. The van der Waals surface area contributed by atoms with Crippen LogP contribution in [0.4, 0.5) is 10.1 Å². The van der Waals surface area contributed by atoms with Crippen molar-refractivity contribution < 1.29 is 4.39 Å². The minimum atomic E-state index is -0.192. The lowest BCUT2D eigenvalue weighted by molar-refractivity contribution is 0.485. The van der Waals surface area contributed by atoms with Crippen LogP contribution in [0.1, 0.15) is 38.2 Å². The summed E-state index contributed by atoms with van der Waals surface area (Å²) >= 11 is 0. The number of nitrogens with one attached hydrogen (secondary N) is 1. The zero-order valence-electron chi connectivity index (χ0n) is 12.5. The molecule has 1 aromatic carbocycles. The zero-order valence-corrected chi connectivity index (χ0v) is 12.5. The first kappa shape index (κ1) is 14.8. The Morgan fingerprint density at radius 2 is 2.00 bits per heavy atom. The summed E-state index contributed by atoms with van der Waals surface area (Å²) in [5.74, 6) is 0.322. The number of hydrogen-bond acceptors (Lipinski definition) is 1. The Morgan fingerprint density at radius 1 is 1.35 bits per heavy atom. The third-order valence-corrected chi connectivity index (χ3v) is 4.35. The molecule has 0 aromatic heterocycles. The minimum absolute atomic E-state index is 0.0663. The van der Waals surface area contributed by atoms with Crippen LogP contribution in [0.15, 0.2) is 48.3 Å². The monoisotopic (exact) mass is 273 g/mol. The van der Waals surface area contributed by atoms with E-state index in [-0.39, 0.29) is 11.9 Å². The minimum Gasteiger partial charge on any atom is -0.378 e.